The first-order valence-electron chi connectivity index (χ1n) is 4.74. The summed E-state index contributed by atoms with van der Waals surface area (Å²) in [7, 11) is 4.48. The molecule has 92 valence electrons. The normalized spacial score (nSPS) is 10.3. The quantitative estimate of drug-likeness (QED) is 0.473. The summed E-state index contributed by atoms with van der Waals surface area (Å²) < 4.78 is 10.1. The van der Waals surface area contributed by atoms with Gasteiger partial charge in [0, 0.05) is 7.05 Å². The second kappa shape index (κ2) is 5.69. The molecule has 0 atom stereocenters. The molecule has 0 aromatic heterocycles. The maximum atomic E-state index is 10.9. The standard InChI is InChI=1S/C10H13N3O4/c1-11-12-6-7-4-9(16-2)10(17-3)5-8(7)13(14)15/h4-6,11H,1-3H3. The van der Waals surface area contributed by atoms with Gasteiger partial charge in [-0.3, -0.25) is 10.1 Å². The highest BCUT2D eigenvalue weighted by Gasteiger charge is 2.18. The maximum Gasteiger partial charge on any atom is 0.282 e. The number of nitro groups is 1. The number of benzene rings is 1. The second-order valence-corrected chi connectivity index (χ2v) is 3.00. The highest BCUT2D eigenvalue weighted by molar-refractivity contribution is 5.86. The molecule has 0 bridgehead atoms. The molecule has 0 fully saturated rings. The minimum atomic E-state index is -0.501. The number of nitrogens with zero attached hydrogens (tertiary/aromatic N) is 2. The van der Waals surface area contributed by atoms with Crippen molar-refractivity contribution < 1.29 is 14.4 Å². The van der Waals surface area contributed by atoms with Crippen LogP contribution in [0.4, 0.5) is 5.69 Å². The Kier molecular flexibility index (Phi) is 4.27. The van der Waals surface area contributed by atoms with Crippen LogP contribution in [0.1, 0.15) is 5.56 Å². The van der Waals surface area contributed by atoms with Crippen molar-refractivity contribution >= 4 is 11.9 Å². The molecule has 0 aliphatic heterocycles. The second-order valence-electron chi connectivity index (χ2n) is 3.00. The van der Waals surface area contributed by atoms with Crippen molar-refractivity contribution in [1.29, 1.82) is 0 Å². The van der Waals surface area contributed by atoms with E-state index in [2.05, 4.69) is 10.5 Å². The van der Waals surface area contributed by atoms with E-state index in [0.717, 1.165) is 0 Å². The van der Waals surface area contributed by atoms with Crippen LogP contribution in [0.15, 0.2) is 17.2 Å². The number of hydrogen-bond donors (Lipinski definition) is 1. The van der Waals surface area contributed by atoms with E-state index >= 15 is 0 Å². The van der Waals surface area contributed by atoms with Gasteiger partial charge in [-0.15, -0.1) is 0 Å². The summed E-state index contributed by atoms with van der Waals surface area (Å²) in [6.45, 7) is 0. The van der Waals surface area contributed by atoms with Gasteiger partial charge in [0.05, 0.1) is 37.0 Å². The number of nitro benzene ring substituents is 1. The van der Waals surface area contributed by atoms with Crippen molar-refractivity contribution in [3.05, 3.63) is 27.8 Å². The highest BCUT2D eigenvalue weighted by Crippen LogP contribution is 2.33. The molecular weight excluding hydrogens is 226 g/mol. The summed E-state index contributed by atoms with van der Waals surface area (Å²) in [6.07, 6.45) is 1.35. The fraction of sp³-hybridized carbons (Fsp3) is 0.300. The van der Waals surface area contributed by atoms with E-state index in [1.165, 1.54) is 32.6 Å². The molecule has 0 amide bonds. The molecule has 0 saturated heterocycles. The monoisotopic (exact) mass is 239 g/mol. The molecular formula is C10H13N3O4. The van der Waals surface area contributed by atoms with E-state index in [1.54, 1.807) is 7.05 Å². The first kappa shape index (κ1) is 12.8. The van der Waals surface area contributed by atoms with Crippen LogP contribution >= 0.6 is 0 Å². The molecule has 7 nitrogen and oxygen atoms in total. The lowest BCUT2D eigenvalue weighted by Crippen LogP contribution is -2.01. The van der Waals surface area contributed by atoms with E-state index in [4.69, 9.17) is 9.47 Å². The lowest BCUT2D eigenvalue weighted by molar-refractivity contribution is -0.385. The molecule has 7 heteroatoms. The average molecular weight is 239 g/mol. The third-order valence-corrected chi connectivity index (χ3v) is 2.06. The largest absolute Gasteiger partial charge is 0.493 e. The summed E-state index contributed by atoms with van der Waals surface area (Å²) >= 11 is 0. The number of hydrazone groups is 1. The Morgan fingerprint density at radius 1 is 1.35 bits per heavy atom. The van der Waals surface area contributed by atoms with E-state index in [1.807, 2.05) is 0 Å². The maximum absolute atomic E-state index is 10.9. The van der Waals surface area contributed by atoms with Gasteiger partial charge in [0.1, 0.15) is 0 Å². The third-order valence-electron chi connectivity index (χ3n) is 2.06. The number of ether oxygens (including phenoxy) is 2. The predicted octanol–water partition coefficient (Wildman–Crippen LogP) is 1.17. The molecule has 0 aliphatic rings. The van der Waals surface area contributed by atoms with Gasteiger partial charge in [-0.1, -0.05) is 0 Å². The van der Waals surface area contributed by atoms with E-state index in [9.17, 15) is 10.1 Å². The molecule has 0 radical (unpaired) electrons. The number of methoxy groups -OCH3 is 2. The molecule has 0 saturated carbocycles. The first-order valence-corrected chi connectivity index (χ1v) is 4.74. The number of nitrogens with one attached hydrogen (secondary N) is 1. The Morgan fingerprint density at radius 3 is 2.41 bits per heavy atom. The molecule has 17 heavy (non-hydrogen) atoms. The van der Waals surface area contributed by atoms with E-state index in [0.29, 0.717) is 17.1 Å². The van der Waals surface area contributed by atoms with Crippen LogP contribution < -0.4 is 14.9 Å². The van der Waals surface area contributed by atoms with Crippen molar-refractivity contribution in [2.24, 2.45) is 5.10 Å². The number of rotatable bonds is 5. The van der Waals surface area contributed by atoms with Crippen LogP contribution in [0.3, 0.4) is 0 Å². The summed E-state index contributed by atoms with van der Waals surface area (Å²) in [5, 5.41) is 14.6. The summed E-state index contributed by atoms with van der Waals surface area (Å²) in [5.41, 5.74) is 2.76. The fourth-order valence-electron chi connectivity index (χ4n) is 1.28. The van der Waals surface area contributed by atoms with Crippen LogP contribution in [0.2, 0.25) is 0 Å². The van der Waals surface area contributed by atoms with Gasteiger partial charge in [-0.25, -0.2) is 0 Å². The van der Waals surface area contributed by atoms with Crippen molar-refractivity contribution in [2.75, 3.05) is 21.3 Å². The Labute approximate surface area is 98.2 Å². The summed E-state index contributed by atoms with van der Waals surface area (Å²) in [5.74, 6) is 0.719. The minimum absolute atomic E-state index is 0.0957. The Hall–Kier alpha value is -2.31. The molecule has 1 aromatic carbocycles. The molecule has 0 spiro atoms. The van der Waals surface area contributed by atoms with Crippen LogP contribution in [-0.2, 0) is 0 Å². The Morgan fingerprint density at radius 2 is 1.94 bits per heavy atom. The van der Waals surface area contributed by atoms with Gasteiger partial charge in [0.15, 0.2) is 11.5 Å². The minimum Gasteiger partial charge on any atom is -0.493 e. The highest BCUT2D eigenvalue weighted by atomic mass is 16.6. The molecule has 0 aliphatic carbocycles. The van der Waals surface area contributed by atoms with Crippen molar-refractivity contribution in [1.82, 2.24) is 5.43 Å². The van der Waals surface area contributed by atoms with Crippen molar-refractivity contribution in [2.45, 2.75) is 0 Å². The van der Waals surface area contributed by atoms with Crippen molar-refractivity contribution in [3.63, 3.8) is 0 Å². The Bertz CT molecular complexity index is 445. The van der Waals surface area contributed by atoms with Crippen LogP contribution in [0.5, 0.6) is 11.5 Å². The van der Waals surface area contributed by atoms with Gasteiger partial charge in [0.2, 0.25) is 0 Å². The molecule has 0 heterocycles. The zero-order valence-corrected chi connectivity index (χ0v) is 9.76. The fourth-order valence-corrected chi connectivity index (χ4v) is 1.28. The topological polar surface area (TPSA) is 86.0 Å². The lowest BCUT2D eigenvalue weighted by atomic mass is 10.1. The van der Waals surface area contributed by atoms with Gasteiger partial charge in [0.25, 0.3) is 5.69 Å². The molecule has 1 rings (SSSR count). The lowest BCUT2D eigenvalue weighted by Gasteiger charge is -2.08. The van der Waals surface area contributed by atoms with Crippen molar-refractivity contribution in [3.8, 4) is 11.5 Å². The SMILES string of the molecule is CNN=Cc1cc(OC)c(OC)cc1[N+](=O)[O-]. The van der Waals surface area contributed by atoms with Crippen LogP contribution in [0, 0.1) is 10.1 Å². The smallest absolute Gasteiger partial charge is 0.282 e. The summed E-state index contributed by atoms with van der Waals surface area (Å²) in [4.78, 5) is 10.4. The first-order chi connectivity index (χ1) is 8.13. The molecule has 1 aromatic rings. The predicted molar refractivity (Wildman–Crippen MR) is 62.9 cm³/mol. The number of hydrogen-bond acceptors (Lipinski definition) is 6. The van der Waals surface area contributed by atoms with E-state index in [-0.39, 0.29) is 5.69 Å². The van der Waals surface area contributed by atoms with E-state index < -0.39 is 4.92 Å². The zero-order chi connectivity index (χ0) is 12.8. The molecule has 0 unspecified atom stereocenters. The van der Waals surface area contributed by atoms with Gasteiger partial charge in [-0.2, -0.15) is 5.10 Å². The summed E-state index contributed by atoms with van der Waals surface area (Å²) in [6, 6.07) is 2.80. The third kappa shape index (κ3) is 2.83. The Balaban J connectivity index is 3.34. The van der Waals surface area contributed by atoms with Gasteiger partial charge in [-0.05, 0) is 6.07 Å². The van der Waals surface area contributed by atoms with Crippen LogP contribution in [-0.4, -0.2) is 32.4 Å². The average Bonchev–Trinajstić information content (AvgIpc) is 2.34. The van der Waals surface area contributed by atoms with Gasteiger partial charge >= 0.3 is 0 Å². The molecule has 1 N–H and O–H groups in total. The van der Waals surface area contributed by atoms with Gasteiger partial charge < -0.3 is 14.9 Å². The zero-order valence-electron chi connectivity index (χ0n) is 9.76. The van der Waals surface area contributed by atoms with Crippen LogP contribution in [0.25, 0.3) is 0 Å².